The van der Waals surface area contributed by atoms with Gasteiger partial charge in [-0.25, -0.2) is 9.78 Å². The van der Waals surface area contributed by atoms with Crippen LogP contribution in [0, 0.1) is 5.41 Å². The number of carbonyl (C=O) groups is 2. The molecule has 0 atom stereocenters. The molecule has 2 N–H and O–H groups in total. The van der Waals surface area contributed by atoms with Crippen LogP contribution in [-0.4, -0.2) is 85.5 Å². The third kappa shape index (κ3) is 4.94. The van der Waals surface area contributed by atoms with E-state index in [0.29, 0.717) is 49.8 Å². The summed E-state index contributed by atoms with van der Waals surface area (Å²) < 4.78 is 0. The second kappa shape index (κ2) is 10.1. The summed E-state index contributed by atoms with van der Waals surface area (Å²) in [6.07, 6.45) is 3.20. The number of benzene rings is 1. The second-order valence-corrected chi connectivity index (χ2v) is 7.94. The van der Waals surface area contributed by atoms with Crippen LogP contribution in [0.25, 0.3) is 0 Å². The Morgan fingerprint density at radius 2 is 1.85 bits per heavy atom. The number of aromatic nitrogens is 1. The van der Waals surface area contributed by atoms with Crippen molar-refractivity contribution in [3.8, 4) is 0 Å². The molecule has 0 spiro atoms. The minimum Gasteiger partial charge on any atom is -0.355 e. The van der Waals surface area contributed by atoms with Crippen molar-refractivity contribution in [2.24, 2.45) is 5.10 Å². The molecule has 3 amide bonds. The Hall–Kier alpha value is -3.95. The molecule has 2 aromatic rings. The molecule has 3 heterocycles. The van der Waals surface area contributed by atoms with Crippen LogP contribution in [0.1, 0.15) is 16.8 Å². The zero-order valence-corrected chi connectivity index (χ0v) is 18.6. The number of nitrogens with one attached hydrogen (secondary N) is 2. The first-order valence-corrected chi connectivity index (χ1v) is 11.0. The van der Waals surface area contributed by atoms with E-state index in [1.54, 1.807) is 29.0 Å². The van der Waals surface area contributed by atoms with E-state index in [1.165, 1.54) is 6.21 Å². The number of pyridine rings is 1. The molecule has 0 aliphatic carbocycles. The SMILES string of the molecule is CN1CCN(c2cccc(N3CCCN(C(=O)c4ccccc4N/N=C\C=N)CC3)n2)C1=O. The van der Waals surface area contributed by atoms with E-state index in [0.717, 1.165) is 25.0 Å². The highest BCUT2D eigenvalue weighted by Gasteiger charge is 2.28. The maximum atomic E-state index is 13.3. The van der Waals surface area contributed by atoms with Crippen molar-refractivity contribution in [2.45, 2.75) is 6.42 Å². The van der Waals surface area contributed by atoms with Crippen LogP contribution in [0.3, 0.4) is 0 Å². The number of hydrazone groups is 1. The van der Waals surface area contributed by atoms with E-state index in [-0.39, 0.29) is 11.9 Å². The van der Waals surface area contributed by atoms with Crippen molar-refractivity contribution >= 4 is 41.7 Å². The number of hydrogen-bond acceptors (Lipinski definition) is 7. The van der Waals surface area contributed by atoms with Crippen LogP contribution in [0.15, 0.2) is 47.6 Å². The Bertz CT molecular complexity index is 1060. The Balaban J connectivity index is 1.45. The van der Waals surface area contributed by atoms with Crippen LogP contribution in [-0.2, 0) is 0 Å². The number of urea groups is 1. The molecule has 1 aromatic heterocycles. The average molecular weight is 449 g/mol. The molecule has 0 bridgehead atoms. The van der Waals surface area contributed by atoms with Gasteiger partial charge in [0, 0.05) is 52.5 Å². The number of anilines is 3. The zero-order chi connectivity index (χ0) is 23.2. The molecule has 172 valence electrons. The number of nitrogens with zero attached hydrogens (tertiary/aromatic N) is 6. The van der Waals surface area contributed by atoms with E-state index in [1.807, 2.05) is 35.2 Å². The Morgan fingerprint density at radius 3 is 2.64 bits per heavy atom. The van der Waals surface area contributed by atoms with Crippen LogP contribution < -0.4 is 15.2 Å². The first kappa shape index (κ1) is 22.3. The summed E-state index contributed by atoms with van der Waals surface area (Å²) >= 11 is 0. The van der Waals surface area contributed by atoms with Crippen molar-refractivity contribution in [3.05, 3.63) is 48.0 Å². The smallest absolute Gasteiger partial charge is 0.325 e. The molecule has 2 fully saturated rings. The number of likely N-dealkylation sites (N-methyl/N-ethyl adjacent to an activating group) is 1. The second-order valence-electron chi connectivity index (χ2n) is 7.94. The fraction of sp³-hybridized carbons (Fsp3) is 0.348. The van der Waals surface area contributed by atoms with Gasteiger partial charge >= 0.3 is 6.03 Å². The lowest BCUT2D eigenvalue weighted by atomic mass is 10.1. The molecule has 1 aromatic carbocycles. The maximum absolute atomic E-state index is 13.3. The molecule has 10 nitrogen and oxygen atoms in total. The molecule has 0 saturated carbocycles. The van der Waals surface area contributed by atoms with Crippen LogP contribution in [0.2, 0.25) is 0 Å². The van der Waals surface area contributed by atoms with Gasteiger partial charge in [0.1, 0.15) is 11.6 Å². The van der Waals surface area contributed by atoms with Crippen molar-refractivity contribution in [1.82, 2.24) is 14.8 Å². The van der Waals surface area contributed by atoms with Gasteiger partial charge in [0.2, 0.25) is 0 Å². The van der Waals surface area contributed by atoms with Crippen molar-refractivity contribution in [1.29, 1.82) is 5.41 Å². The normalized spacial score (nSPS) is 16.9. The lowest BCUT2D eigenvalue weighted by Crippen LogP contribution is -2.36. The predicted octanol–water partition coefficient (Wildman–Crippen LogP) is 2.35. The van der Waals surface area contributed by atoms with Crippen molar-refractivity contribution < 1.29 is 9.59 Å². The molecule has 0 radical (unpaired) electrons. The van der Waals surface area contributed by atoms with Crippen molar-refractivity contribution in [2.75, 3.05) is 61.5 Å². The molecule has 0 unspecified atom stereocenters. The van der Waals surface area contributed by atoms with Crippen LogP contribution >= 0.6 is 0 Å². The van der Waals surface area contributed by atoms with E-state index >= 15 is 0 Å². The fourth-order valence-electron chi connectivity index (χ4n) is 4.03. The molecule has 4 rings (SSSR count). The maximum Gasteiger partial charge on any atom is 0.325 e. The summed E-state index contributed by atoms with van der Waals surface area (Å²) in [5.74, 6) is 1.41. The van der Waals surface area contributed by atoms with Gasteiger partial charge in [-0.1, -0.05) is 18.2 Å². The average Bonchev–Trinajstić information content (AvgIpc) is 3.03. The predicted molar refractivity (Wildman–Crippen MR) is 130 cm³/mol. The first-order chi connectivity index (χ1) is 16.1. The van der Waals surface area contributed by atoms with Gasteiger partial charge in [0.25, 0.3) is 5.91 Å². The molecular weight excluding hydrogens is 420 g/mol. The summed E-state index contributed by atoms with van der Waals surface area (Å²) in [5, 5.41) is 11.0. The summed E-state index contributed by atoms with van der Waals surface area (Å²) in [5.41, 5.74) is 3.99. The van der Waals surface area contributed by atoms with Crippen LogP contribution in [0.4, 0.5) is 22.1 Å². The monoisotopic (exact) mass is 448 g/mol. The number of carbonyl (C=O) groups excluding carboxylic acids is 2. The van der Waals surface area contributed by atoms with E-state index in [4.69, 9.17) is 10.4 Å². The van der Waals surface area contributed by atoms with Gasteiger partial charge in [0.15, 0.2) is 0 Å². The molecule has 33 heavy (non-hydrogen) atoms. The quantitative estimate of drug-likeness (QED) is 0.521. The number of rotatable bonds is 6. The van der Waals surface area contributed by atoms with Crippen LogP contribution in [0.5, 0.6) is 0 Å². The highest BCUT2D eigenvalue weighted by Crippen LogP contribution is 2.23. The van der Waals surface area contributed by atoms with Gasteiger partial charge in [0.05, 0.1) is 17.5 Å². The van der Waals surface area contributed by atoms with Gasteiger partial charge in [-0.3, -0.25) is 15.1 Å². The topological polar surface area (TPSA) is 108 Å². The summed E-state index contributed by atoms with van der Waals surface area (Å²) in [4.78, 5) is 37.7. The van der Waals surface area contributed by atoms with Gasteiger partial charge in [-0.2, -0.15) is 5.10 Å². The van der Waals surface area contributed by atoms with E-state index in [9.17, 15) is 9.59 Å². The molecular formula is C23H28N8O2. The largest absolute Gasteiger partial charge is 0.355 e. The molecule has 10 heteroatoms. The Kier molecular flexibility index (Phi) is 6.82. The lowest BCUT2D eigenvalue weighted by molar-refractivity contribution is 0.0768. The van der Waals surface area contributed by atoms with E-state index in [2.05, 4.69) is 15.4 Å². The number of amides is 3. The van der Waals surface area contributed by atoms with Gasteiger partial charge in [-0.05, 0) is 30.7 Å². The highest BCUT2D eigenvalue weighted by molar-refractivity contribution is 6.14. The highest BCUT2D eigenvalue weighted by atomic mass is 16.2. The third-order valence-corrected chi connectivity index (χ3v) is 5.81. The summed E-state index contributed by atoms with van der Waals surface area (Å²) in [7, 11) is 1.79. The molecule has 2 aliphatic rings. The summed E-state index contributed by atoms with van der Waals surface area (Å²) in [6.45, 7) is 3.95. The molecule has 2 aliphatic heterocycles. The standard InChI is InChI=1S/C23H28N8O2/c1-28-14-17-31(23(28)33)21-9-4-8-20(26-21)29-12-5-13-30(16-15-29)22(32)18-6-2-3-7-19(18)27-25-11-10-24/h2-4,6-11,24,27H,5,12-17H2,1H3/b24-10?,25-11-. The summed E-state index contributed by atoms with van der Waals surface area (Å²) in [6, 6.07) is 12.9. The zero-order valence-electron chi connectivity index (χ0n) is 18.6. The van der Waals surface area contributed by atoms with E-state index < -0.39 is 0 Å². The fourth-order valence-corrected chi connectivity index (χ4v) is 4.03. The third-order valence-electron chi connectivity index (χ3n) is 5.81. The minimum atomic E-state index is -0.0580. The minimum absolute atomic E-state index is 0.0375. The lowest BCUT2D eigenvalue weighted by Gasteiger charge is -2.24. The van der Waals surface area contributed by atoms with Gasteiger partial charge < -0.3 is 20.1 Å². The Labute approximate surface area is 193 Å². The Morgan fingerprint density at radius 1 is 1.03 bits per heavy atom. The number of hydrogen-bond donors (Lipinski definition) is 2. The number of para-hydroxylation sites is 1. The molecule has 2 saturated heterocycles. The van der Waals surface area contributed by atoms with Crippen molar-refractivity contribution in [3.63, 3.8) is 0 Å². The first-order valence-electron chi connectivity index (χ1n) is 11.0. The van der Waals surface area contributed by atoms with Gasteiger partial charge in [-0.15, -0.1) is 0 Å².